The van der Waals surface area contributed by atoms with E-state index in [2.05, 4.69) is 5.14 Å². The summed E-state index contributed by atoms with van der Waals surface area (Å²) in [7, 11) is -4.16. The van der Waals surface area contributed by atoms with Gasteiger partial charge in [-0.05, 0) is 12.1 Å². The Morgan fingerprint density at radius 3 is 2.29 bits per heavy atom. The number of H-pyrrole nitrogens is 1. The second kappa shape index (κ2) is 3.46. The summed E-state index contributed by atoms with van der Waals surface area (Å²) in [6, 6.07) is 1.54. The van der Waals surface area contributed by atoms with Crippen molar-refractivity contribution in [3.8, 4) is 0 Å². The van der Waals surface area contributed by atoms with Gasteiger partial charge in [0.15, 0.2) is 0 Å². The first kappa shape index (κ1) is 10.8. The van der Waals surface area contributed by atoms with E-state index < -0.39 is 32.6 Å². The van der Waals surface area contributed by atoms with Crippen molar-refractivity contribution >= 4 is 10.0 Å². The number of halogens is 2. The van der Waals surface area contributed by atoms with Gasteiger partial charge in [0, 0.05) is 0 Å². The van der Waals surface area contributed by atoms with Gasteiger partial charge in [0.1, 0.15) is 4.90 Å². The average Bonchev–Trinajstić information content (AvgIpc) is 2.01. The monoisotopic (exact) mass is 224 g/mol. The van der Waals surface area contributed by atoms with Crippen LogP contribution in [0.5, 0.6) is 0 Å². The molecule has 0 atom stereocenters. The fourth-order valence-electron chi connectivity index (χ4n) is 0.827. The van der Waals surface area contributed by atoms with Crippen molar-refractivity contribution in [1.29, 1.82) is 0 Å². The highest BCUT2D eigenvalue weighted by molar-refractivity contribution is 7.89. The minimum atomic E-state index is -4.16. The molecule has 1 aromatic rings. The van der Waals surface area contributed by atoms with E-state index in [4.69, 9.17) is 0 Å². The summed E-state index contributed by atoms with van der Waals surface area (Å²) in [5.41, 5.74) is -1.80. The topological polar surface area (TPSA) is 93.0 Å². The predicted molar refractivity (Wildman–Crippen MR) is 43.4 cm³/mol. The number of primary sulfonamides is 1. The molecule has 1 aromatic heterocycles. The molecule has 0 radical (unpaired) electrons. The molecule has 14 heavy (non-hydrogen) atoms. The molecule has 0 saturated heterocycles. The quantitative estimate of drug-likeness (QED) is 0.738. The van der Waals surface area contributed by atoms with Gasteiger partial charge >= 0.3 is 0 Å². The van der Waals surface area contributed by atoms with Crippen molar-refractivity contribution < 1.29 is 17.2 Å². The molecule has 0 saturated carbocycles. The molecule has 0 fully saturated rings. The number of pyridine rings is 1. The standard InChI is InChI=1S/C6H6F2N2O3S/c7-5(8)3-1-2-4(6(11)10-3)14(9,12)13/h1-2,5H,(H,10,11)(H2,9,12,13). The summed E-state index contributed by atoms with van der Waals surface area (Å²) in [6.45, 7) is 0. The average molecular weight is 224 g/mol. The summed E-state index contributed by atoms with van der Waals surface area (Å²) < 4.78 is 45.5. The highest BCUT2D eigenvalue weighted by Crippen LogP contribution is 2.14. The van der Waals surface area contributed by atoms with Crippen LogP contribution in [0.15, 0.2) is 21.8 Å². The van der Waals surface area contributed by atoms with Crippen LogP contribution in [0, 0.1) is 0 Å². The van der Waals surface area contributed by atoms with Gasteiger partial charge < -0.3 is 4.98 Å². The Bertz CT molecular complexity index is 494. The molecule has 0 aliphatic carbocycles. The van der Waals surface area contributed by atoms with Crippen LogP contribution < -0.4 is 10.7 Å². The molecule has 8 heteroatoms. The van der Waals surface area contributed by atoms with E-state index in [0.29, 0.717) is 0 Å². The molecule has 0 aromatic carbocycles. The number of aromatic nitrogens is 1. The zero-order chi connectivity index (χ0) is 10.9. The van der Waals surface area contributed by atoms with Crippen LogP contribution in [-0.2, 0) is 10.0 Å². The van der Waals surface area contributed by atoms with E-state index in [1.807, 2.05) is 0 Å². The van der Waals surface area contributed by atoms with Crippen molar-refractivity contribution in [1.82, 2.24) is 4.98 Å². The third-order valence-electron chi connectivity index (χ3n) is 1.44. The van der Waals surface area contributed by atoms with Crippen molar-refractivity contribution in [2.45, 2.75) is 11.3 Å². The van der Waals surface area contributed by atoms with Gasteiger partial charge in [-0.25, -0.2) is 22.3 Å². The zero-order valence-electron chi connectivity index (χ0n) is 6.70. The summed E-state index contributed by atoms with van der Waals surface area (Å²) in [5.74, 6) is 0. The first-order chi connectivity index (χ1) is 6.32. The van der Waals surface area contributed by atoms with Crippen LogP contribution in [0.4, 0.5) is 8.78 Å². The Balaban J connectivity index is 3.36. The Labute approximate surface area is 77.6 Å². The van der Waals surface area contributed by atoms with E-state index in [1.54, 1.807) is 4.98 Å². The van der Waals surface area contributed by atoms with Crippen molar-refractivity contribution in [3.63, 3.8) is 0 Å². The molecule has 0 amide bonds. The first-order valence-electron chi connectivity index (χ1n) is 3.36. The number of hydrogen-bond donors (Lipinski definition) is 2. The predicted octanol–water partition coefficient (Wildman–Crippen LogP) is -0.0401. The number of nitrogens with two attached hydrogens (primary N) is 1. The Hall–Kier alpha value is -1.28. The molecule has 0 aliphatic rings. The van der Waals surface area contributed by atoms with Crippen LogP contribution in [0.1, 0.15) is 12.1 Å². The highest BCUT2D eigenvalue weighted by atomic mass is 32.2. The lowest BCUT2D eigenvalue weighted by Gasteiger charge is -2.00. The summed E-state index contributed by atoms with van der Waals surface area (Å²) in [6.07, 6.45) is -2.86. The van der Waals surface area contributed by atoms with Crippen molar-refractivity contribution in [3.05, 3.63) is 28.2 Å². The SMILES string of the molecule is NS(=O)(=O)c1ccc(C(F)F)[nH]c1=O. The fraction of sp³-hybridized carbons (Fsp3) is 0.167. The molecule has 3 N–H and O–H groups in total. The second-order valence-electron chi connectivity index (χ2n) is 2.45. The van der Waals surface area contributed by atoms with Crippen LogP contribution in [0.2, 0.25) is 0 Å². The Kier molecular flexibility index (Phi) is 2.67. The van der Waals surface area contributed by atoms with Gasteiger partial charge in [-0.15, -0.1) is 0 Å². The summed E-state index contributed by atoms with van der Waals surface area (Å²) >= 11 is 0. The third kappa shape index (κ3) is 2.15. The molecule has 1 rings (SSSR count). The van der Waals surface area contributed by atoms with Crippen LogP contribution in [0.25, 0.3) is 0 Å². The van der Waals surface area contributed by atoms with E-state index in [1.165, 1.54) is 0 Å². The van der Waals surface area contributed by atoms with Crippen molar-refractivity contribution in [2.75, 3.05) is 0 Å². The molecule has 0 bridgehead atoms. The maximum Gasteiger partial charge on any atom is 0.278 e. The van der Waals surface area contributed by atoms with Crippen molar-refractivity contribution in [2.24, 2.45) is 5.14 Å². The molecule has 0 spiro atoms. The number of sulfonamides is 1. The van der Waals surface area contributed by atoms with E-state index in [-0.39, 0.29) is 0 Å². The number of rotatable bonds is 2. The lowest BCUT2D eigenvalue weighted by atomic mass is 10.4. The minimum absolute atomic E-state index is 0.651. The minimum Gasteiger partial charge on any atom is -0.320 e. The molecule has 78 valence electrons. The maximum absolute atomic E-state index is 12.0. The van der Waals surface area contributed by atoms with Gasteiger partial charge in [-0.1, -0.05) is 0 Å². The highest BCUT2D eigenvalue weighted by Gasteiger charge is 2.15. The van der Waals surface area contributed by atoms with Gasteiger partial charge in [0.2, 0.25) is 10.0 Å². The largest absolute Gasteiger partial charge is 0.320 e. The van der Waals surface area contributed by atoms with E-state index >= 15 is 0 Å². The first-order valence-corrected chi connectivity index (χ1v) is 4.91. The fourth-order valence-corrected chi connectivity index (χ4v) is 1.39. The molecule has 0 unspecified atom stereocenters. The van der Waals surface area contributed by atoms with Crippen LogP contribution in [0.3, 0.4) is 0 Å². The van der Waals surface area contributed by atoms with E-state index in [0.717, 1.165) is 12.1 Å². The smallest absolute Gasteiger partial charge is 0.278 e. The maximum atomic E-state index is 12.0. The van der Waals surface area contributed by atoms with Gasteiger partial charge in [-0.3, -0.25) is 4.79 Å². The second-order valence-corrected chi connectivity index (χ2v) is 3.98. The van der Waals surface area contributed by atoms with Crippen LogP contribution >= 0.6 is 0 Å². The summed E-state index contributed by atoms with van der Waals surface area (Å²) in [4.78, 5) is 11.9. The number of nitrogens with one attached hydrogen (secondary N) is 1. The lowest BCUT2D eigenvalue weighted by molar-refractivity contribution is 0.145. The molecule has 1 heterocycles. The summed E-state index contributed by atoms with van der Waals surface area (Å²) in [5, 5.41) is 4.65. The number of aromatic amines is 1. The molecule has 5 nitrogen and oxygen atoms in total. The van der Waals surface area contributed by atoms with Gasteiger partial charge in [-0.2, -0.15) is 0 Å². The Morgan fingerprint density at radius 1 is 1.36 bits per heavy atom. The Morgan fingerprint density at radius 2 is 1.93 bits per heavy atom. The lowest BCUT2D eigenvalue weighted by Crippen LogP contribution is -2.23. The number of hydrogen-bond acceptors (Lipinski definition) is 3. The normalized spacial score (nSPS) is 12.0. The van der Waals surface area contributed by atoms with Gasteiger partial charge in [0.05, 0.1) is 5.69 Å². The zero-order valence-corrected chi connectivity index (χ0v) is 7.51. The molecular formula is C6H6F2N2O3S. The van der Waals surface area contributed by atoms with Gasteiger partial charge in [0.25, 0.3) is 12.0 Å². The number of alkyl halides is 2. The van der Waals surface area contributed by atoms with E-state index in [9.17, 15) is 22.0 Å². The van der Waals surface area contributed by atoms with Crippen LogP contribution in [-0.4, -0.2) is 13.4 Å². The third-order valence-corrected chi connectivity index (χ3v) is 2.37. The molecule has 0 aliphatic heterocycles. The molecular weight excluding hydrogens is 218 g/mol.